The molecule has 0 amide bonds. The molecule has 0 saturated carbocycles. The van der Waals surface area contributed by atoms with E-state index in [2.05, 4.69) is 4.98 Å². The first-order valence-corrected chi connectivity index (χ1v) is 9.71. The molecule has 0 aliphatic rings. The number of sulfone groups is 1. The van der Waals surface area contributed by atoms with Gasteiger partial charge in [0.15, 0.2) is 0 Å². The summed E-state index contributed by atoms with van der Waals surface area (Å²) in [6, 6.07) is 11.6. The van der Waals surface area contributed by atoms with Crippen molar-refractivity contribution in [2.45, 2.75) is 14.1 Å². The van der Waals surface area contributed by atoms with E-state index >= 15 is 0 Å². The predicted molar refractivity (Wildman–Crippen MR) is 81.3 cm³/mol. The minimum atomic E-state index is -4.36. The number of hydrogen-bond acceptors (Lipinski definition) is 6. The molecule has 0 unspecified atom stereocenters. The summed E-state index contributed by atoms with van der Waals surface area (Å²) in [5, 5.41) is 0. The monoisotopic (exact) mass is 355 g/mol. The molecule has 1 N–H and O–H groups in total. The summed E-state index contributed by atoms with van der Waals surface area (Å²) in [5.41, 5.74) is 0.203. The third-order valence-electron chi connectivity index (χ3n) is 2.92. The molecule has 6 nitrogen and oxygen atoms in total. The fourth-order valence-corrected chi connectivity index (χ4v) is 4.97. The molecule has 1 heterocycles. The van der Waals surface area contributed by atoms with Crippen molar-refractivity contribution < 1.29 is 21.4 Å². The van der Waals surface area contributed by atoms with E-state index in [4.69, 9.17) is 4.55 Å². The second kappa shape index (κ2) is 5.13. The van der Waals surface area contributed by atoms with E-state index in [-0.39, 0.29) is 19.6 Å². The number of rotatable bonds is 3. The zero-order valence-electron chi connectivity index (χ0n) is 10.9. The van der Waals surface area contributed by atoms with Crippen molar-refractivity contribution in [2.75, 3.05) is 0 Å². The Morgan fingerprint density at radius 3 is 2.23 bits per heavy atom. The molecular weight excluding hydrogens is 346 g/mol. The van der Waals surface area contributed by atoms with E-state index in [1.807, 2.05) is 0 Å². The van der Waals surface area contributed by atoms with E-state index in [1.165, 1.54) is 24.3 Å². The highest BCUT2D eigenvalue weighted by Gasteiger charge is 2.22. The van der Waals surface area contributed by atoms with Gasteiger partial charge in [0.25, 0.3) is 10.1 Å². The normalized spacial score (nSPS) is 12.6. The Morgan fingerprint density at radius 2 is 1.59 bits per heavy atom. The lowest BCUT2D eigenvalue weighted by atomic mass is 10.3. The molecule has 3 aromatic rings. The number of thiazole rings is 1. The second-order valence-corrected chi connectivity index (χ2v) is 8.98. The quantitative estimate of drug-likeness (QED) is 0.724. The van der Waals surface area contributed by atoms with Crippen molar-refractivity contribution in [1.29, 1.82) is 0 Å². The average Bonchev–Trinajstić information content (AvgIpc) is 2.91. The van der Waals surface area contributed by atoms with Gasteiger partial charge in [-0.1, -0.05) is 18.2 Å². The lowest BCUT2D eigenvalue weighted by molar-refractivity contribution is 0.483. The molecule has 0 saturated heterocycles. The van der Waals surface area contributed by atoms with Crippen LogP contribution in [0.2, 0.25) is 0 Å². The van der Waals surface area contributed by atoms with Gasteiger partial charge in [-0.15, -0.1) is 11.3 Å². The Morgan fingerprint density at radius 1 is 0.909 bits per heavy atom. The molecule has 9 heteroatoms. The van der Waals surface area contributed by atoms with Gasteiger partial charge in [-0.25, -0.2) is 13.4 Å². The first kappa shape index (κ1) is 15.1. The van der Waals surface area contributed by atoms with Crippen LogP contribution in [0.25, 0.3) is 10.2 Å². The van der Waals surface area contributed by atoms with Gasteiger partial charge in [0.1, 0.15) is 0 Å². The van der Waals surface area contributed by atoms with Crippen molar-refractivity contribution in [1.82, 2.24) is 4.98 Å². The summed E-state index contributed by atoms with van der Waals surface area (Å²) in [5.74, 6) is 0. The van der Waals surface area contributed by atoms with Crippen LogP contribution in [0.5, 0.6) is 0 Å². The van der Waals surface area contributed by atoms with E-state index in [0.29, 0.717) is 4.70 Å². The standard InChI is InChI=1S/C13H9NO5S3/c15-21(16,9-4-2-1-3-5-9)13-14-11-8-10(22(17,18)19)6-7-12(11)20-13/h1-8H,(H,17,18,19). The Balaban J connectivity index is 2.18. The lowest BCUT2D eigenvalue weighted by Crippen LogP contribution is -2.00. The molecule has 0 aliphatic carbocycles. The van der Waals surface area contributed by atoms with Gasteiger partial charge >= 0.3 is 0 Å². The number of aromatic nitrogens is 1. The van der Waals surface area contributed by atoms with Crippen LogP contribution in [0.15, 0.2) is 62.7 Å². The van der Waals surface area contributed by atoms with Crippen molar-refractivity contribution in [2.24, 2.45) is 0 Å². The van der Waals surface area contributed by atoms with Gasteiger partial charge < -0.3 is 0 Å². The third kappa shape index (κ3) is 2.63. The highest BCUT2D eigenvalue weighted by atomic mass is 32.2. The largest absolute Gasteiger partial charge is 0.294 e. The number of benzene rings is 2. The highest BCUT2D eigenvalue weighted by molar-refractivity contribution is 7.93. The van der Waals surface area contributed by atoms with Gasteiger partial charge in [0.05, 0.1) is 20.0 Å². The van der Waals surface area contributed by atoms with Crippen molar-refractivity contribution in [3.63, 3.8) is 0 Å². The lowest BCUT2D eigenvalue weighted by Gasteiger charge is -1.98. The van der Waals surface area contributed by atoms with Gasteiger partial charge in [0, 0.05) is 0 Å². The van der Waals surface area contributed by atoms with Crippen LogP contribution < -0.4 is 0 Å². The predicted octanol–water partition coefficient (Wildman–Crippen LogP) is 2.38. The molecule has 0 radical (unpaired) electrons. The molecule has 114 valence electrons. The van der Waals surface area contributed by atoms with Crippen LogP contribution in [0.1, 0.15) is 0 Å². The Bertz CT molecular complexity index is 1050. The van der Waals surface area contributed by atoms with Crippen molar-refractivity contribution >= 4 is 41.5 Å². The SMILES string of the molecule is O=S(=O)(O)c1ccc2sc(S(=O)(=O)c3ccccc3)nc2c1. The molecule has 0 fully saturated rings. The van der Waals surface area contributed by atoms with Gasteiger partial charge in [-0.3, -0.25) is 4.55 Å². The topological polar surface area (TPSA) is 101 Å². The molecule has 2 aromatic carbocycles. The summed E-state index contributed by atoms with van der Waals surface area (Å²) in [7, 11) is -8.11. The minimum Gasteiger partial charge on any atom is -0.282 e. The summed E-state index contributed by atoms with van der Waals surface area (Å²) in [4.78, 5) is 3.78. The zero-order chi connectivity index (χ0) is 16.0. The van der Waals surface area contributed by atoms with Gasteiger partial charge in [-0.05, 0) is 30.3 Å². The summed E-state index contributed by atoms with van der Waals surface area (Å²) in [6.07, 6.45) is 0. The van der Waals surface area contributed by atoms with Crippen LogP contribution >= 0.6 is 11.3 Å². The first-order valence-electron chi connectivity index (χ1n) is 5.97. The molecule has 0 atom stereocenters. The number of fused-ring (bicyclic) bond motifs is 1. The maximum atomic E-state index is 12.5. The van der Waals surface area contributed by atoms with Crippen LogP contribution in [0.4, 0.5) is 0 Å². The van der Waals surface area contributed by atoms with Gasteiger partial charge in [-0.2, -0.15) is 8.42 Å². The molecular formula is C13H9NO5S3. The fourth-order valence-electron chi connectivity index (χ4n) is 1.86. The molecule has 3 rings (SSSR count). The Labute approximate surface area is 130 Å². The zero-order valence-corrected chi connectivity index (χ0v) is 13.3. The van der Waals surface area contributed by atoms with Crippen molar-refractivity contribution in [3.8, 4) is 0 Å². The maximum absolute atomic E-state index is 12.5. The number of hydrogen-bond donors (Lipinski definition) is 1. The highest BCUT2D eigenvalue weighted by Crippen LogP contribution is 2.30. The minimum absolute atomic E-state index is 0.115. The van der Waals surface area contributed by atoms with E-state index in [9.17, 15) is 16.8 Å². The summed E-state index contributed by atoms with van der Waals surface area (Å²) < 4.78 is 56.6. The fraction of sp³-hybridized carbons (Fsp3) is 0. The molecule has 0 spiro atoms. The Hall–Kier alpha value is -1.81. The first-order chi connectivity index (χ1) is 10.3. The Kier molecular flexibility index (Phi) is 3.52. The van der Waals surface area contributed by atoms with Crippen molar-refractivity contribution in [3.05, 3.63) is 48.5 Å². The van der Waals surface area contributed by atoms with Crippen LogP contribution in [-0.2, 0) is 20.0 Å². The number of nitrogens with zero attached hydrogens (tertiary/aromatic N) is 1. The van der Waals surface area contributed by atoms with Crippen LogP contribution in [0.3, 0.4) is 0 Å². The molecule has 1 aromatic heterocycles. The smallest absolute Gasteiger partial charge is 0.282 e. The maximum Gasteiger partial charge on any atom is 0.294 e. The van der Waals surface area contributed by atoms with E-state index in [1.54, 1.807) is 18.2 Å². The molecule has 0 aliphatic heterocycles. The average molecular weight is 355 g/mol. The van der Waals surface area contributed by atoms with Crippen LogP contribution in [-0.4, -0.2) is 26.4 Å². The van der Waals surface area contributed by atoms with E-state index < -0.39 is 20.0 Å². The molecule has 0 bridgehead atoms. The van der Waals surface area contributed by atoms with E-state index in [0.717, 1.165) is 17.4 Å². The van der Waals surface area contributed by atoms with Crippen LogP contribution in [0, 0.1) is 0 Å². The second-order valence-electron chi connectivity index (χ2n) is 4.40. The summed E-state index contributed by atoms with van der Waals surface area (Å²) >= 11 is 0.943. The van der Waals surface area contributed by atoms with Gasteiger partial charge in [0.2, 0.25) is 14.2 Å². The summed E-state index contributed by atoms with van der Waals surface area (Å²) in [6.45, 7) is 0. The third-order valence-corrected chi connectivity index (χ3v) is 6.95. The molecule has 22 heavy (non-hydrogen) atoms.